The fourth-order valence-corrected chi connectivity index (χ4v) is 1.46. The predicted molar refractivity (Wildman–Crippen MR) is 64.4 cm³/mol. The van der Waals surface area contributed by atoms with Gasteiger partial charge in [-0.1, -0.05) is 13.8 Å². The molecule has 0 spiro atoms. The van der Waals surface area contributed by atoms with Gasteiger partial charge >= 0.3 is 6.03 Å². The molecule has 0 fully saturated rings. The molecule has 1 rings (SSSR count). The van der Waals surface area contributed by atoms with Crippen LogP contribution in [-0.2, 0) is 4.84 Å². The quantitative estimate of drug-likeness (QED) is 0.787. The van der Waals surface area contributed by atoms with Crippen molar-refractivity contribution in [3.63, 3.8) is 0 Å². The third-order valence-electron chi connectivity index (χ3n) is 2.25. The Bertz CT molecular complexity index is 450. The summed E-state index contributed by atoms with van der Waals surface area (Å²) in [5, 5.41) is 11.5. The standard InChI is InChI=1S/C12H15N3O2/c1-8(2)10-6-9(7-13)4-5-11(10)14-12(16)15-17-3/h4-6,8H,1-3H3,(H2,14,15,16). The number of carbonyl (C=O) groups is 1. The van der Waals surface area contributed by atoms with Crippen molar-refractivity contribution >= 4 is 11.7 Å². The van der Waals surface area contributed by atoms with E-state index in [1.165, 1.54) is 7.11 Å². The zero-order chi connectivity index (χ0) is 12.8. The molecule has 0 aliphatic heterocycles. The summed E-state index contributed by atoms with van der Waals surface area (Å²) in [4.78, 5) is 15.8. The van der Waals surface area contributed by atoms with E-state index in [2.05, 4.69) is 21.7 Å². The predicted octanol–water partition coefficient (Wildman–Crippen LogP) is 2.36. The maximum atomic E-state index is 11.3. The van der Waals surface area contributed by atoms with Gasteiger partial charge < -0.3 is 5.32 Å². The lowest BCUT2D eigenvalue weighted by Gasteiger charge is -2.14. The molecule has 2 N–H and O–H groups in total. The third-order valence-corrected chi connectivity index (χ3v) is 2.25. The normalized spacial score (nSPS) is 9.82. The Balaban J connectivity index is 2.99. The first kappa shape index (κ1) is 13.0. The number of nitrogens with one attached hydrogen (secondary N) is 2. The molecule has 17 heavy (non-hydrogen) atoms. The molecule has 0 aliphatic carbocycles. The number of anilines is 1. The van der Waals surface area contributed by atoms with Crippen molar-refractivity contribution in [1.82, 2.24) is 5.48 Å². The minimum absolute atomic E-state index is 0.209. The summed E-state index contributed by atoms with van der Waals surface area (Å²) in [6.45, 7) is 3.99. The van der Waals surface area contributed by atoms with Gasteiger partial charge in [-0.15, -0.1) is 0 Å². The molecule has 1 aromatic carbocycles. The maximum absolute atomic E-state index is 11.3. The first-order valence-electron chi connectivity index (χ1n) is 5.22. The van der Waals surface area contributed by atoms with Crippen LogP contribution in [0.4, 0.5) is 10.5 Å². The van der Waals surface area contributed by atoms with Crippen LogP contribution in [0.5, 0.6) is 0 Å². The van der Waals surface area contributed by atoms with E-state index in [1.54, 1.807) is 18.2 Å². The molecule has 0 aromatic heterocycles. The van der Waals surface area contributed by atoms with Crippen molar-refractivity contribution in [2.24, 2.45) is 0 Å². The van der Waals surface area contributed by atoms with E-state index in [0.717, 1.165) is 5.56 Å². The van der Waals surface area contributed by atoms with Crippen LogP contribution in [0.1, 0.15) is 30.9 Å². The van der Waals surface area contributed by atoms with Crippen LogP contribution in [0.15, 0.2) is 18.2 Å². The summed E-state index contributed by atoms with van der Waals surface area (Å²) in [6, 6.07) is 6.77. The largest absolute Gasteiger partial charge is 0.343 e. The number of rotatable bonds is 3. The molecule has 2 amide bonds. The van der Waals surface area contributed by atoms with Gasteiger partial charge in [0.2, 0.25) is 0 Å². The van der Waals surface area contributed by atoms with Crippen molar-refractivity contribution < 1.29 is 9.63 Å². The molecule has 90 valence electrons. The SMILES string of the molecule is CONC(=O)Nc1ccc(C#N)cc1C(C)C. The van der Waals surface area contributed by atoms with Gasteiger partial charge in [-0.05, 0) is 29.7 Å². The van der Waals surface area contributed by atoms with Crippen LogP contribution in [0, 0.1) is 11.3 Å². The highest BCUT2D eigenvalue weighted by Crippen LogP contribution is 2.25. The fraction of sp³-hybridized carbons (Fsp3) is 0.333. The van der Waals surface area contributed by atoms with Crippen molar-refractivity contribution in [3.8, 4) is 6.07 Å². The molecule has 0 radical (unpaired) electrons. The van der Waals surface area contributed by atoms with Gasteiger partial charge in [-0.3, -0.25) is 4.84 Å². The van der Waals surface area contributed by atoms with Crippen LogP contribution in [0.25, 0.3) is 0 Å². The second kappa shape index (κ2) is 5.87. The van der Waals surface area contributed by atoms with Gasteiger partial charge in [0.15, 0.2) is 0 Å². The Morgan fingerprint density at radius 1 is 1.47 bits per heavy atom. The van der Waals surface area contributed by atoms with Crippen LogP contribution < -0.4 is 10.8 Å². The number of benzene rings is 1. The van der Waals surface area contributed by atoms with E-state index in [4.69, 9.17) is 5.26 Å². The molecule has 1 aromatic rings. The van der Waals surface area contributed by atoms with Gasteiger partial charge in [-0.2, -0.15) is 5.26 Å². The molecule has 0 aliphatic rings. The first-order chi connectivity index (χ1) is 8.08. The Morgan fingerprint density at radius 3 is 2.71 bits per heavy atom. The number of nitrogens with zero attached hydrogens (tertiary/aromatic N) is 1. The Morgan fingerprint density at radius 2 is 2.18 bits per heavy atom. The lowest BCUT2D eigenvalue weighted by molar-refractivity contribution is 0.114. The topological polar surface area (TPSA) is 74.2 Å². The summed E-state index contributed by atoms with van der Waals surface area (Å²) < 4.78 is 0. The van der Waals surface area contributed by atoms with E-state index in [-0.39, 0.29) is 5.92 Å². The maximum Gasteiger partial charge on any atom is 0.343 e. The molecule has 0 atom stereocenters. The van der Waals surface area contributed by atoms with Gasteiger partial charge in [0, 0.05) is 5.69 Å². The van der Waals surface area contributed by atoms with Crippen LogP contribution in [0.2, 0.25) is 0 Å². The van der Waals surface area contributed by atoms with E-state index in [1.807, 2.05) is 13.8 Å². The molecule has 0 heterocycles. The summed E-state index contributed by atoms with van der Waals surface area (Å²) in [5.41, 5.74) is 4.34. The number of nitriles is 1. The number of hydroxylamine groups is 1. The molecule has 5 heteroatoms. The van der Waals surface area contributed by atoms with E-state index in [9.17, 15) is 4.79 Å². The third kappa shape index (κ3) is 3.47. The van der Waals surface area contributed by atoms with Gasteiger partial charge in [0.25, 0.3) is 0 Å². The fourth-order valence-electron chi connectivity index (χ4n) is 1.46. The highest BCUT2D eigenvalue weighted by molar-refractivity contribution is 5.89. The molecular weight excluding hydrogens is 218 g/mol. The van der Waals surface area contributed by atoms with Crippen molar-refractivity contribution in [1.29, 1.82) is 5.26 Å². The van der Waals surface area contributed by atoms with Gasteiger partial charge in [-0.25, -0.2) is 10.3 Å². The molecule has 0 saturated carbocycles. The lowest BCUT2D eigenvalue weighted by atomic mass is 9.99. The summed E-state index contributed by atoms with van der Waals surface area (Å²) >= 11 is 0. The van der Waals surface area contributed by atoms with Crippen LogP contribution >= 0.6 is 0 Å². The zero-order valence-corrected chi connectivity index (χ0v) is 10.1. The molecule has 0 saturated heterocycles. The van der Waals surface area contributed by atoms with Crippen LogP contribution in [-0.4, -0.2) is 13.1 Å². The molecular formula is C12H15N3O2. The average Bonchev–Trinajstić information content (AvgIpc) is 2.29. The summed E-state index contributed by atoms with van der Waals surface area (Å²) in [7, 11) is 1.36. The molecule has 5 nitrogen and oxygen atoms in total. The smallest absolute Gasteiger partial charge is 0.306 e. The van der Waals surface area contributed by atoms with E-state index >= 15 is 0 Å². The Labute approximate surface area is 100 Å². The second-order valence-electron chi connectivity index (χ2n) is 3.83. The Kier molecular flexibility index (Phi) is 4.49. The highest BCUT2D eigenvalue weighted by atomic mass is 16.6. The number of carbonyl (C=O) groups excluding carboxylic acids is 1. The average molecular weight is 233 g/mol. The number of amides is 2. The van der Waals surface area contributed by atoms with Gasteiger partial charge in [0.05, 0.1) is 18.7 Å². The van der Waals surface area contributed by atoms with Crippen molar-refractivity contribution in [2.45, 2.75) is 19.8 Å². The number of hydrogen-bond donors (Lipinski definition) is 2. The lowest BCUT2D eigenvalue weighted by Crippen LogP contribution is -2.28. The number of urea groups is 1. The molecule has 0 unspecified atom stereocenters. The molecule has 0 bridgehead atoms. The summed E-state index contributed by atoms with van der Waals surface area (Å²) in [6.07, 6.45) is 0. The van der Waals surface area contributed by atoms with Crippen molar-refractivity contribution in [3.05, 3.63) is 29.3 Å². The minimum atomic E-state index is -0.445. The second-order valence-corrected chi connectivity index (χ2v) is 3.83. The van der Waals surface area contributed by atoms with E-state index in [0.29, 0.717) is 11.3 Å². The monoisotopic (exact) mass is 233 g/mol. The first-order valence-corrected chi connectivity index (χ1v) is 5.22. The van der Waals surface area contributed by atoms with E-state index < -0.39 is 6.03 Å². The zero-order valence-electron chi connectivity index (χ0n) is 10.1. The number of hydrogen-bond acceptors (Lipinski definition) is 3. The summed E-state index contributed by atoms with van der Waals surface area (Å²) in [5.74, 6) is 0.209. The van der Waals surface area contributed by atoms with Gasteiger partial charge in [0.1, 0.15) is 0 Å². The minimum Gasteiger partial charge on any atom is -0.306 e. The Hall–Kier alpha value is -2.06. The highest BCUT2D eigenvalue weighted by Gasteiger charge is 2.10. The van der Waals surface area contributed by atoms with Crippen LogP contribution in [0.3, 0.4) is 0 Å². The van der Waals surface area contributed by atoms with Crippen molar-refractivity contribution in [2.75, 3.05) is 12.4 Å².